The second kappa shape index (κ2) is 5.13. The molecule has 0 spiro atoms. The molecule has 0 fully saturated rings. The minimum atomic E-state index is 0.111. The van der Waals surface area contributed by atoms with Crippen LogP contribution in [0.2, 0.25) is 0 Å². The second-order valence-electron chi connectivity index (χ2n) is 6.47. The number of fused-ring (bicyclic) bond motifs is 1. The number of rotatable bonds is 3. The molecule has 104 valence electrons. The molecule has 0 aliphatic rings. The monoisotopic (exact) mass is 268 g/mol. The Bertz CT molecular complexity index is 683. The highest BCUT2D eigenvalue weighted by molar-refractivity contribution is 6.08. The van der Waals surface area contributed by atoms with E-state index >= 15 is 0 Å². The summed E-state index contributed by atoms with van der Waals surface area (Å²) in [5.41, 5.74) is 2.28. The van der Waals surface area contributed by atoms with Gasteiger partial charge in [-0.2, -0.15) is 5.26 Å². The maximum absolute atomic E-state index is 12.5. The van der Waals surface area contributed by atoms with Gasteiger partial charge in [-0.3, -0.25) is 4.79 Å². The number of H-pyrrole nitrogens is 1. The molecule has 0 amide bonds. The van der Waals surface area contributed by atoms with Crippen molar-refractivity contribution >= 4 is 16.7 Å². The maximum atomic E-state index is 12.5. The van der Waals surface area contributed by atoms with Gasteiger partial charge in [-0.1, -0.05) is 27.7 Å². The highest BCUT2D eigenvalue weighted by Gasteiger charge is 2.24. The van der Waals surface area contributed by atoms with Crippen LogP contribution in [-0.4, -0.2) is 10.8 Å². The number of hydrogen-bond acceptors (Lipinski definition) is 2. The summed E-state index contributed by atoms with van der Waals surface area (Å²) in [5.74, 6) is 0.438. The molecule has 0 aliphatic heterocycles. The molecule has 0 saturated heterocycles. The minimum Gasteiger partial charge on any atom is -0.360 e. The van der Waals surface area contributed by atoms with Gasteiger partial charge in [-0.15, -0.1) is 0 Å². The van der Waals surface area contributed by atoms with E-state index in [1.807, 2.05) is 6.07 Å². The van der Waals surface area contributed by atoms with E-state index in [2.05, 4.69) is 38.7 Å². The van der Waals surface area contributed by atoms with Gasteiger partial charge in [0.05, 0.1) is 11.6 Å². The number of benzene rings is 1. The van der Waals surface area contributed by atoms with Crippen LogP contribution in [0.4, 0.5) is 0 Å². The smallest absolute Gasteiger partial charge is 0.165 e. The van der Waals surface area contributed by atoms with E-state index in [4.69, 9.17) is 5.26 Å². The first-order valence-electron chi connectivity index (χ1n) is 6.87. The van der Waals surface area contributed by atoms with E-state index in [1.165, 1.54) is 0 Å². The van der Waals surface area contributed by atoms with Gasteiger partial charge in [0, 0.05) is 29.1 Å². The van der Waals surface area contributed by atoms with E-state index < -0.39 is 0 Å². The maximum Gasteiger partial charge on any atom is 0.165 e. The van der Waals surface area contributed by atoms with Crippen LogP contribution in [-0.2, 0) is 0 Å². The lowest BCUT2D eigenvalue weighted by Crippen LogP contribution is -2.20. The molecule has 1 atom stereocenters. The third-order valence-electron chi connectivity index (χ3n) is 4.08. The van der Waals surface area contributed by atoms with E-state index in [1.54, 1.807) is 18.3 Å². The summed E-state index contributed by atoms with van der Waals surface area (Å²) < 4.78 is 0. The number of aromatic amines is 1. The van der Waals surface area contributed by atoms with Crippen molar-refractivity contribution in [1.29, 1.82) is 5.26 Å². The predicted molar refractivity (Wildman–Crippen MR) is 80.6 cm³/mol. The van der Waals surface area contributed by atoms with Crippen molar-refractivity contribution in [3.8, 4) is 6.07 Å². The first kappa shape index (κ1) is 14.3. The number of aromatic nitrogens is 1. The standard InChI is InChI=1S/C17H20N2O/c1-11(17(2,3)4)7-16(20)14-10-19-15-6-5-12(9-18)8-13(14)15/h5-6,8,10-11,19H,7H2,1-4H3. The van der Waals surface area contributed by atoms with Crippen molar-refractivity contribution in [3.63, 3.8) is 0 Å². The first-order valence-corrected chi connectivity index (χ1v) is 6.87. The third kappa shape index (κ3) is 2.75. The number of nitrogens with zero attached hydrogens (tertiary/aromatic N) is 1. The van der Waals surface area contributed by atoms with Crippen LogP contribution >= 0.6 is 0 Å². The Morgan fingerprint density at radius 3 is 2.70 bits per heavy atom. The Hall–Kier alpha value is -2.08. The first-order chi connectivity index (χ1) is 9.32. The summed E-state index contributed by atoms with van der Waals surface area (Å²) in [5, 5.41) is 9.81. The lowest BCUT2D eigenvalue weighted by atomic mass is 9.78. The lowest BCUT2D eigenvalue weighted by Gasteiger charge is -2.26. The zero-order chi connectivity index (χ0) is 14.9. The van der Waals surface area contributed by atoms with Crippen molar-refractivity contribution in [3.05, 3.63) is 35.5 Å². The molecule has 2 rings (SSSR count). The lowest BCUT2D eigenvalue weighted by molar-refractivity contribution is 0.0929. The number of carbonyl (C=O) groups is 1. The molecule has 0 bridgehead atoms. The van der Waals surface area contributed by atoms with Crippen molar-refractivity contribution in [2.75, 3.05) is 0 Å². The van der Waals surface area contributed by atoms with E-state index in [0.717, 1.165) is 10.9 Å². The molecule has 1 aromatic carbocycles. The third-order valence-corrected chi connectivity index (χ3v) is 4.08. The molecule has 0 saturated carbocycles. The second-order valence-corrected chi connectivity index (χ2v) is 6.47. The van der Waals surface area contributed by atoms with E-state index in [0.29, 0.717) is 23.5 Å². The molecule has 1 unspecified atom stereocenters. The van der Waals surface area contributed by atoms with Crippen LogP contribution < -0.4 is 0 Å². The number of nitriles is 1. The molecular formula is C17H20N2O. The molecule has 0 radical (unpaired) electrons. The average molecular weight is 268 g/mol. The van der Waals surface area contributed by atoms with Crippen LogP contribution in [0.5, 0.6) is 0 Å². The Balaban J connectivity index is 2.34. The van der Waals surface area contributed by atoms with Crippen molar-refractivity contribution in [2.24, 2.45) is 11.3 Å². The van der Waals surface area contributed by atoms with Gasteiger partial charge in [-0.25, -0.2) is 0 Å². The summed E-state index contributed by atoms with van der Waals surface area (Å²) >= 11 is 0. The topological polar surface area (TPSA) is 56.6 Å². The molecular weight excluding hydrogens is 248 g/mol. The fourth-order valence-corrected chi connectivity index (χ4v) is 2.12. The van der Waals surface area contributed by atoms with Gasteiger partial charge in [0.1, 0.15) is 0 Å². The quantitative estimate of drug-likeness (QED) is 0.844. The predicted octanol–water partition coefficient (Wildman–Crippen LogP) is 4.29. The van der Waals surface area contributed by atoms with Gasteiger partial charge in [0.2, 0.25) is 0 Å². The fraction of sp³-hybridized carbons (Fsp3) is 0.412. The molecule has 2 aromatic rings. The molecule has 1 aromatic heterocycles. The van der Waals surface area contributed by atoms with Crippen LogP contribution in [0.1, 0.15) is 50.0 Å². The fourth-order valence-electron chi connectivity index (χ4n) is 2.12. The van der Waals surface area contributed by atoms with Crippen LogP contribution in [0.15, 0.2) is 24.4 Å². The van der Waals surface area contributed by atoms with Gasteiger partial charge in [0.15, 0.2) is 5.78 Å². The Morgan fingerprint density at radius 1 is 1.40 bits per heavy atom. The summed E-state index contributed by atoms with van der Waals surface area (Å²) in [7, 11) is 0. The normalized spacial score (nSPS) is 13.2. The molecule has 1 N–H and O–H groups in total. The largest absolute Gasteiger partial charge is 0.360 e. The van der Waals surface area contributed by atoms with Crippen molar-refractivity contribution < 1.29 is 4.79 Å². The van der Waals surface area contributed by atoms with Crippen molar-refractivity contribution in [1.82, 2.24) is 4.98 Å². The molecule has 0 aliphatic carbocycles. The zero-order valence-corrected chi connectivity index (χ0v) is 12.4. The Labute approximate surface area is 119 Å². The molecule has 20 heavy (non-hydrogen) atoms. The van der Waals surface area contributed by atoms with Gasteiger partial charge < -0.3 is 4.98 Å². The van der Waals surface area contributed by atoms with E-state index in [9.17, 15) is 4.79 Å². The summed E-state index contributed by atoms with van der Waals surface area (Å²) in [4.78, 5) is 15.6. The van der Waals surface area contributed by atoms with Crippen LogP contribution in [0.3, 0.4) is 0 Å². The SMILES string of the molecule is CC(CC(=O)c1c[nH]c2ccc(C#N)cc12)C(C)(C)C. The van der Waals surface area contributed by atoms with E-state index in [-0.39, 0.29) is 11.2 Å². The summed E-state index contributed by atoms with van der Waals surface area (Å²) in [6, 6.07) is 7.49. The molecule has 1 heterocycles. The highest BCUT2D eigenvalue weighted by atomic mass is 16.1. The van der Waals surface area contributed by atoms with Crippen LogP contribution in [0, 0.1) is 22.7 Å². The average Bonchev–Trinajstić information content (AvgIpc) is 2.80. The van der Waals surface area contributed by atoms with Crippen molar-refractivity contribution in [2.45, 2.75) is 34.1 Å². The highest BCUT2D eigenvalue weighted by Crippen LogP contribution is 2.30. The zero-order valence-electron chi connectivity index (χ0n) is 12.4. The summed E-state index contributed by atoms with van der Waals surface area (Å²) in [6.45, 7) is 8.54. The summed E-state index contributed by atoms with van der Waals surface area (Å²) in [6.07, 6.45) is 2.27. The minimum absolute atomic E-state index is 0.111. The van der Waals surface area contributed by atoms with Crippen LogP contribution in [0.25, 0.3) is 10.9 Å². The number of ketones is 1. The van der Waals surface area contributed by atoms with Gasteiger partial charge in [-0.05, 0) is 29.5 Å². The van der Waals surface area contributed by atoms with Gasteiger partial charge >= 0.3 is 0 Å². The Morgan fingerprint density at radius 2 is 2.10 bits per heavy atom. The number of hydrogen-bond donors (Lipinski definition) is 1. The van der Waals surface area contributed by atoms with Gasteiger partial charge in [0.25, 0.3) is 0 Å². The Kier molecular flexibility index (Phi) is 3.67. The number of nitrogens with one attached hydrogen (secondary N) is 1. The molecule has 3 heteroatoms. The molecule has 3 nitrogen and oxygen atoms in total. The number of carbonyl (C=O) groups excluding carboxylic acids is 1. The number of Topliss-reactive ketones (excluding diaryl/α,β-unsaturated/α-hetero) is 1.